The van der Waals surface area contributed by atoms with E-state index < -0.39 is 0 Å². The number of likely N-dealkylation sites (tertiary alicyclic amines) is 1. The first kappa shape index (κ1) is 17.8. The minimum absolute atomic E-state index is 0.0678. The molecule has 1 aliphatic heterocycles. The summed E-state index contributed by atoms with van der Waals surface area (Å²) in [5, 5.41) is 5.92. The third-order valence-corrected chi connectivity index (χ3v) is 5.20. The SMILES string of the molecule is O=C(Nc1cccc(C(=O)N2CCCCCC2)c1)NC1CCCCC1. The van der Waals surface area contributed by atoms with Gasteiger partial charge in [-0.2, -0.15) is 0 Å². The molecule has 25 heavy (non-hydrogen) atoms. The lowest BCUT2D eigenvalue weighted by molar-refractivity contribution is 0.0761. The molecule has 0 unspecified atom stereocenters. The third-order valence-electron chi connectivity index (χ3n) is 5.20. The van der Waals surface area contributed by atoms with Crippen LogP contribution in [0.2, 0.25) is 0 Å². The summed E-state index contributed by atoms with van der Waals surface area (Å²) < 4.78 is 0. The second-order valence-corrected chi connectivity index (χ2v) is 7.22. The van der Waals surface area contributed by atoms with Crippen molar-refractivity contribution in [1.82, 2.24) is 10.2 Å². The molecule has 3 rings (SSSR count). The molecule has 1 aliphatic carbocycles. The van der Waals surface area contributed by atoms with Gasteiger partial charge in [0, 0.05) is 30.4 Å². The Morgan fingerprint density at radius 2 is 1.60 bits per heavy atom. The van der Waals surface area contributed by atoms with Gasteiger partial charge >= 0.3 is 6.03 Å². The van der Waals surface area contributed by atoms with Crippen molar-refractivity contribution in [3.63, 3.8) is 0 Å². The van der Waals surface area contributed by atoms with Gasteiger partial charge in [-0.15, -0.1) is 0 Å². The quantitative estimate of drug-likeness (QED) is 0.866. The topological polar surface area (TPSA) is 61.4 Å². The molecule has 0 aromatic heterocycles. The molecule has 1 saturated carbocycles. The molecule has 1 aromatic carbocycles. The predicted molar refractivity (Wildman–Crippen MR) is 99.8 cm³/mol. The number of rotatable bonds is 3. The Morgan fingerprint density at radius 3 is 2.32 bits per heavy atom. The summed E-state index contributed by atoms with van der Waals surface area (Å²) in [4.78, 5) is 26.8. The first-order valence-corrected chi connectivity index (χ1v) is 9.69. The molecule has 1 saturated heterocycles. The van der Waals surface area contributed by atoms with Crippen LogP contribution in [0.15, 0.2) is 24.3 Å². The maximum atomic E-state index is 12.7. The number of carbonyl (C=O) groups excluding carboxylic acids is 2. The Labute approximate surface area is 150 Å². The van der Waals surface area contributed by atoms with Gasteiger partial charge in [-0.1, -0.05) is 38.2 Å². The van der Waals surface area contributed by atoms with Gasteiger partial charge < -0.3 is 15.5 Å². The lowest BCUT2D eigenvalue weighted by atomic mass is 9.96. The standard InChI is InChI=1S/C20H29N3O2/c24-19(23-13-6-1-2-7-14-23)16-9-8-12-18(15-16)22-20(25)21-17-10-4-3-5-11-17/h8-9,12,15,17H,1-7,10-11,13-14H2,(H2,21,22,25). The van der Waals surface area contributed by atoms with Crippen molar-refractivity contribution in [3.8, 4) is 0 Å². The van der Waals surface area contributed by atoms with E-state index in [9.17, 15) is 9.59 Å². The van der Waals surface area contributed by atoms with Gasteiger partial charge in [-0.25, -0.2) is 4.79 Å². The molecule has 2 N–H and O–H groups in total. The van der Waals surface area contributed by atoms with E-state index in [1.807, 2.05) is 23.1 Å². The summed E-state index contributed by atoms with van der Waals surface area (Å²) >= 11 is 0. The van der Waals surface area contributed by atoms with Gasteiger partial charge in [0.2, 0.25) is 0 Å². The smallest absolute Gasteiger partial charge is 0.319 e. The van der Waals surface area contributed by atoms with Crippen LogP contribution in [0.4, 0.5) is 10.5 Å². The first-order chi connectivity index (χ1) is 12.2. The van der Waals surface area contributed by atoms with Crippen molar-refractivity contribution in [1.29, 1.82) is 0 Å². The fourth-order valence-electron chi connectivity index (χ4n) is 3.79. The van der Waals surface area contributed by atoms with Crippen LogP contribution in [0.5, 0.6) is 0 Å². The number of benzene rings is 1. The Morgan fingerprint density at radius 1 is 0.920 bits per heavy atom. The van der Waals surface area contributed by atoms with E-state index in [0.29, 0.717) is 11.3 Å². The highest BCUT2D eigenvalue weighted by Gasteiger charge is 2.18. The van der Waals surface area contributed by atoms with Crippen molar-refractivity contribution in [2.24, 2.45) is 0 Å². The monoisotopic (exact) mass is 343 g/mol. The molecule has 2 aliphatic rings. The van der Waals surface area contributed by atoms with Crippen molar-refractivity contribution in [3.05, 3.63) is 29.8 Å². The number of anilines is 1. The maximum absolute atomic E-state index is 12.7. The second kappa shape index (κ2) is 8.88. The van der Waals surface area contributed by atoms with Gasteiger partial charge in [0.15, 0.2) is 0 Å². The number of urea groups is 1. The van der Waals surface area contributed by atoms with Crippen LogP contribution in [0, 0.1) is 0 Å². The van der Waals surface area contributed by atoms with Crippen LogP contribution in [0.1, 0.15) is 68.1 Å². The first-order valence-electron chi connectivity index (χ1n) is 9.69. The minimum Gasteiger partial charge on any atom is -0.339 e. The van der Waals surface area contributed by atoms with Crippen LogP contribution >= 0.6 is 0 Å². The number of nitrogens with zero attached hydrogens (tertiary/aromatic N) is 1. The number of amides is 3. The number of nitrogens with one attached hydrogen (secondary N) is 2. The molecular weight excluding hydrogens is 314 g/mol. The van der Waals surface area contributed by atoms with E-state index in [1.54, 1.807) is 6.07 Å². The highest BCUT2D eigenvalue weighted by atomic mass is 16.2. The maximum Gasteiger partial charge on any atom is 0.319 e. The highest BCUT2D eigenvalue weighted by Crippen LogP contribution is 2.19. The highest BCUT2D eigenvalue weighted by molar-refractivity contribution is 5.97. The molecular formula is C20H29N3O2. The van der Waals surface area contributed by atoms with Crippen LogP contribution in [-0.4, -0.2) is 36.0 Å². The van der Waals surface area contributed by atoms with Gasteiger partial charge in [0.25, 0.3) is 5.91 Å². The molecule has 0 spiro atoms. The van der Waals surface area contributed by atoms with Crippen molar-refractivity contribution < 1.29 is 9.59 Å². The summed E-state index contributed by atoms with van der Waals surface area (Å²) in [5.74, 6) is 0.0678. The Balaban J connectivity index is 1.58. The molecule has 0 atom stereocenters. The fraction of sp³-hybridized carbons (Fsp3) is 0.600. The zero-order valence-electron chi connectivity index (χ0n) is 14.9. The van der Waals surface area contributed by atoms with Crippen molar-refractivity contribution in [2.75, 3.05) is 18.4 Å². The lowest BCUT2D eigenvalue weighted by Gasteiger charge is -2.23. The zero-order chi connectivity index (χ0) is 17.5. The van der Waals surface area contributed by atoms with Crippen LogP contribution in [-0.2, 0) is 0 Å². The predicted octanol–water partition coefficient (Wildman–Crippen LogP) is 4.16. The Hall–Kier alpha value is -2.04. The number of hydrogen-bond donors (Lipinski definition) is 2. The molecule has 1 heterocycles. The van der Waals surface area contributed by atoms with E-state index in [0.717, 1.165) is 38.8 Å². The third kappa shape index (κ3) is 5.21. The van der Waals surface area contributed by atoms with Gasteiger partial charge in [-0.3, -0.25) is 4.79 Å². The molecule has 136 valence electrons. The van der Waals surface area contributed by atoms with E-state index >= 15 is 0 Å². The molecule has 2 fully saturated rings. The lowest BCUT2D eigenvalue weighted by Crippen LogP contribution is -2.39. The molecule has 3 amide bonds. The average molecular weight is 343 g/mol. The minimum atomic E-state index is -0.175. The van der Waals surface area contributed by atoms with E-state index in [2.05, 4.69) is 10.6 Å². The zero-order valence-corrected chi connectivity index (χ0v) is 14.9. The summed E-state index contributed by atoms with van der Waals surface area (Å²) in [6.07, 6.45) is 10.3. The van der Waals surface area contributed by atoms with E-state index in [-0.39, 0.29) is 18.0 Å². The molecule has 5 nitrogen and oxygen atoms in total. The number of hydrogen-bond acceptors (Lipinski definition) is 2. The van der Waals surface area contributed by atoms with E-state index in [1.165, 1.54) is 32.1 Å². The summed E-state index contributed by atoms with van der Waals surface area (Å²) in [6, 6.07) is 7.38. The second-order valence-electron chi connectivity index (χ2n) is 7.22. The normalized spacial score (nSPS) is 19.1. The molecule has 1 aromatic rings. The largest absolute Gasteiger partial charge is 0.339 e. The summed E-state index contributed by atoms with van der Waals surface area (Å²) in [5.41, 5.74) is 1.33. The molecule has 5 heteroatoms. The molecule has 0 radical (unpaired) electrons. The van der Waals surface area contributed by atoms with Gasteiger partial charge in [-0.05, 0) is 43.9 Å². The van der Waals surface area contributed by atoms with Gasteiger partial charge in [0.1, 0.15) is 0 Å². The van der Waals surface area contributed by atoms with Crippen LogP contribution in [0.3, 0.4) is 0 Å². The molecule has 0 bridgehead atoms. The summed E-state index contributed by atoms with van der Waals surface area (Å²) in [7, 11) is 0. The van der Waals surface area contributed by atoms with Crippen LogP contribution in [0.25, 0.3) is 0 Å². The summed E-state index contributed by atoms with van der Waals surface area (Å²) in [6.45, 7) is 1.66. The average Bonchev–Trinajstić information content (AvgIpc) is 2.91. The van der Waals surface area contributed by atoms with Crippen molar-refractivity contribution >= 4 is 17.6 Å². The Bertz CT molecular complexity index is 588. The van der Waals surface area contributed by atoms with Crippen LogP contribution < -0.4 is 10.6 Å². The Kier molecular flexibility index (Phi) is 6.31. The fourth-order valence-corrected chi connectivity index (χ4v) is 3.79. The van der Waals surface area contributed by atoms with E-state index in [4.69, 9.17) is 0 Å². The number of carbonyl (C=O) groups is 2. The van der Waals surface area contributed by atoms with Gasteiger partial charge in [0.05, 0.1) is 0 Å². The van der Waals surface area contributed by atoms with Crippen molar-refractivity contribution in [2.45, 2.75) is 63.8 Å².